The standard InChI is InChI=1S/C21H21NSi/c1-23(2)20-14-8-6-12-18(20)22(16-17-10-4-3-5-11-17)19-13-7-9-15-21(19)23/h3-15H,16H2,1-2H3. The van der Waals surface area contributed by atoms with Gasteiger partial charge in [-0.2, -0.15) is 0 Å². The monoisotopic (exact) mass is 315 g/mol. The Morgan fingerprint density at radius 2 is 1.13 bits per heavy atom. The van der Waals surface area contributed by atoms with Crippen LogP contribution in [0.25, 0.3) is 0 Å². The summed E-state index contributed by atoms with van der Waals surface area (Å²) >= 11 is 0. The van der Waals surface area contributed by atoms with Gasteiger partial charge in [0.1, 0.15) is 8.07 Å². The smallest absolute Gasteiger partial charge is 0.117 e. The number of para-hydroxylation sites is 2. The van der Waals surface area contributed by atoms with Crippen LogP contribution >= 0.6 is 0 Å². The number of anilines is 2. The summed E-state index contributed by atoms with van der Waals surface area (Å²) in [6.45, 7) is 5.84. The largest absolute Gasteiger partial charge is 0.337 e. The molecular weight excluding hydrogens is 294 g/mol. The Hall–Kier alpha value is -2.32. The molecule has 0 fully saturated rings. The molecule has 2 heteroatoms. The molecule has 0 amide bonds. The van der Waals surface area contributed by atoms with E-state index < -0.39 is 8.07 Å². The van der Waals surface area contributed by atoms with Gasteiger partial charge in [-0.3, -0.25) is 0 Å². The molecule has 114 valence electrons. The Kier molecular flexibility index (Phi) is 3.35. The third-order valence-corrected chi connectivity index (χ3v) is 8.46. The molecule has 0 atom stereocenters. The van der Waals surface area contributed by atoms with Crippen molar-refractivity contribution < 1.29 is 0 Å². The van der Waals surface area contributed by atoms with Gasteiger partial charge in [-0.15, -0.1) is 0 Å². The highest BCUT2D eigenvalue weighted by molar-refractivity contribution is 7.02. The molecule has 23 heavy (non-hydrogen) atoms. The van der Waals surface area contributed by atoms with E-state index in [9.17, 15) is 0 Å². The average Bonchev–Trinajstić information content (AvgIpc) is 2.60. The van der Waals surface area contributed by atoms with Gasteiger partial charge in [-0.05, 0) is 28.1 Å². The van der Waals surface area contributed by atoms with Crippen LogP contribution in [0, 0.1) is 0 Å². The molecule has 1 aliphatic heterocycles. The van der Waals surface area contributed by atoms with Gasteiger partial charge in [0.05, 0.1) is 0 Å². The Morgan fingerprint density at radius 1 is 0.652 bits per heavy atom. The first-order valence-corrected chi connectivity index (χ1v) is 11.2. The summed E-state index contributed by atoms with van der Waals surface area (Å²) in [4.78, 5) is 2.48. The molecule has 0 radical (unpaired) electrons. The van der Waals surface area contributed by atoms with Crippen molar-refractivity contribution >= 4 is 29.8 Å². The summed E-state index contributed by atoms with van der Waals surface area (Å²) in [5.41, 5.74) is 4.11. The molecule has 0 saturated carbocycles. The minimum Gasteiger partial charge on any atom is -0.337 e. The lowest BCUT2D eigenvalue weighted by atomic mass is 10.1. The topological polar surface area (TPSA) is 3.24 Å². The summed E-state index contributed by atoms with van der Waals surface area (Å²) in [7, 11) is -1.63. The molecule has 0 spiro atoms. The van der Waals surface area contributed by atoms with Gasteiger partial charge in [0.2, 0.25) is 0 Å². The molecule has 3 aromatic carbocycles. The van der Waals surface area contributed by atoms with Crippen LogP contribution in [0.5, 0.6) is 0 Å². The van der Waals surface area contributed by atoms with Crippen molar-refractivity contribution in [1.82, 2.24) is 0 Å². The Balaban J connectivity index is 1.90. The SMILES string of the molecule is C[Si]1(C)c2ccccc2N(Cc2ccccc2)c2ccccc21. The fourth-order valence-corrected chi connectivity index (χ4v) is 6.72. The van der Waals surface area contributed by atoms with E-state index in [4.69, 9.17) is 0 Å². The van der Waals surface area contributed by atoms with Crippen molar-refractivity contribution in [2.45, 2.75) is 19.6 Å². The Bertz CT molecular complexity index is 790. The molecule has 0 unspecified atom stereocenters. The van der Waals surface area contributed by atoms with Crippen molar-refractivity contribution in [2.75, 3.05) is 4.90 Å². The maximum absolute atomic E-state index is 2.48. The molecule has 1 aliphatic rings. The van der Waals surface area contributed by atoms with E-state index >= 15 is 0 Å². The fourth-order valence-electron chi connectivity index (χ4n) is 3.69. The minimum absolute atomic E-state index is 0.916. The zero-order chi connectivity index (χ0) is 15.9. The van der Waals surface area contributed by atoms with Gasteiger partial charge in [0.25, 0.3) is 0 Å². The van der Waals surface area contributed by atoms with E-state index in [-0.39, 0.29) is 0 Å². The number of hydrogen-bond acceptors (Lipinski definition) is 1. The second-order valence-corrected chi connectivity index (χ2v) is 11.1. The van der Waals surface area contributed by atoms with Gasteiger partial charge < -0.3 is 4.90 Å². The van der Waals surface area contributed by atoms with Crippen LogP contribution in [0.2, 0.25) is 13.1 Å². The predicted octanol–water partition coefficient (Wildman–Crippen LogP) is 4.16. The van der Waals surface area contributed by atoms with Crippen LogP contribution in [-0.2, 0) is 6.54 Å². The van der Waals surface area contributed by atoms with Crippen molar-refractivity contribution in [3.05, 3.63) is 84.4 Å². The highest BCUT2D eigenvalue weighted by Gasteiger charge is 2.37. The molecule has 4 rings (SSSR count). The van der Waals surface area contributed by atoms with E-state index in [1.54, 1.807) is 0 Å². The Morgan fingerprint density at radius 3 is 1.70 bits per heavy atom. The lowest BCUT2D eigenvalue weighted by Gasteiger charge is -2.41. The summed E-state index contributed by atoms with van der Waals surface area (Å²) in [5, 5.41) is 3.07. The normalized spacial score (nSPS) is 15.0. The van der Waals surface area contributed by atoms with Crippen molar-refractivity contribution in [3.63, 3.8) is 0 Å². The van der Waals surface area contributed by atoms with E-state index in [1.807, 2.05) is 0 Å². The van der Waals surface area contributed by atoms with E-state index in [1.165, 1.54) is 27.3 Å². The van der Waals surface area contributed by atoms with Gasteiger partial charge in [-0.1, -0.05) is 79.8 Å². The first-order chi connectivity index (χ1) is 11.2. The van der Waals surface area contributed by atoms with Crippen molar-refractivity contribution in [2.24, 2.45) is 0 Å². The van der Waals surface area contributed by atoms with Crippen molar-refractivity contribution in [1.29, 1.82) is 0 Å². The van der Waals surface area contributed by atoms with Crippen LogP contribution in [0.4, 0.5) is 11.4 Å². The zero-order valence-corrected chi connectivity index (χ0v) is 14.7. The quantitative estimate of drug-likeness (QED) is 0.642. The summed E-state index contributed by atoms with van der Waals surface area (Å²) < 4.78 is 0. The molecule has 0 saturated heterocycles. The molecule has 3 aromatic rings. The summed E-state index contributed by atoms with van der Waals surface area (Å²) in [5.74, 6) is 0. The number of fused-ring (bicyclic) bond motifs is 2. The lowest BCUT2D eigenvalue weighted by molar-refractivity contribution is 0.978. The van der Waals surface area contributed by atoms with E-state index in [0.29, 0.717) is 0 Å². The maximum atomic E-state index is 2.48. The molecule has 1 heterocycles. The maximum Gasteiger partial charge on any atom is 0.117 e. The molecule has 1 nitrogen and oxygen atoms in total. The minimum atomic E-state index is -1.63. The number of rotatable bonds is 2. The van der Waals surface area contributed by atoms with Crippen LogP contribution in [0.15, 0.2) is 78.9 Å². The first-order valence-electron chi connectivity index (χ1n) is 8.18. The van der Waals surface area contributed by atoms with E-state index in [2.05, 4.69) is 96.9 Å². The predicted molar refractivity (Wildman–Crippen MR) is 102 cm³/mol. The number of benzene rings is 3. The van der Waals surface area contributed by atoms with Gasteiger partial charge in [-0.25, -0.2) is 0 Å². The average molecular weight is 315 g/mol. The second-order valence-electron chi connectivity index (χ2n) is 6.73. The highest BCUT2D eigenvalue weighted by Crippen LogP contribution is 2.32. The van der Waals surface area contributed by atoms with E-state index in [0.717, 1.165) is 6.54 Å². The number of hydrogen-bond donors (Lipinski definition) is 0. The molecule has 0 aliphatic carbocycles. The van der Waals surface area contributed by atoms with Crippen LogP contribution in [0.1, 0.15) is 5.56 Å². The molecule has 0 N–H and O–H groups in total. The summed E-state index contributed by atoms with van der Waals surface area (Å²) in [6, 6.07) is 28.7. The van der Waals surface area contributed by atoms with Crippen LogP contribution in [-0.4, -0.2) is 8.07 Å². The zero-order valence-electron chi connectivity index (χ0n) is 13.7. The van der Waals surface area contributed by atoms with Crippen LogP contribution in [0.3, 0.4) is 0 Å². The highest BCUT2D eigenvalue weighted by atomic mass is 28.3. The first kappa shape index (κ1) is 14.3. The third kappa shape index (κ3) is 2.30. The second kappa shape index (κ2) is 5.39. The van der Waals surface area contributed by atoms with Gasteiger partial charge in [0, 0.05) is 17.9 Å². The molecular formula is C21H21NSi. The number of nitrogens with zero attached hydrogens (tertiary/aromatic N) is 1. The third-order valence-electron chi connectivity index (χ3n) is 4.92. The lowest BCUT2D eigenvalue weighted by Crippen LogP contribution is -2.59. The summed E-state index contributed by atoms with van der Waals surface area (Å²) in [6.07, 6.45) is 0. The molecule has 0 bridgehead atoms. The Labute approximate surface area is 139 Å². The fraction of sp³-hybridized carbons (Fsp3) is 0.143. The van der Waals surface area contributed by atoms with Crippen molar-refractivity contribution in [3.8, 4) is 0 Å². The van der Waals surface area contributed by atoms with Gasteiger partial charge in [0.15, 0.2) is 0 Å². The molecule has 0 aromatic heterocycles. The van der Waals surface area contributed by atoms with Crippen LogP contribution < -0.4 is 15.3 Å². The van der Waals surface area contributed by atoms with Gasteiger partial charge >= 0.3 is 0 Å².